The minimum Gasteiger partial charge on any atom is -0.342 e. The minimum atomic E-state index is -0.0120. The second kappa shape index (κ2) is 6.57. The van der Waals surface area contributed by atoms with Gasteiger partial charge in [0.1, 0.15) is 6.54 Å². The van der Waals surface area contributed by atoms with Crippen LogP contribution in [0.15, 0.2) is 41.3 Å². The Hall–Kier alpha value is -2.10. The van der Waals surface area contributed by atoms with E-state index in [-0.39, 0.29) is 23.9 Å². The van der Waals surface area contributed by atoms with Gasteiger partial charge in [0.15, 0.2) is 5.43 Å². The van der Waals surface area contributed by atoms with Crippen LogP contribution in [0.5, 0.6) is 0 Å². The predicted octanol–water partition coefficient (Wildman–Crippen LogP) is 2.65. The standard InChI is InChI=1S/C17H22N2O2/c1-4-7-13(2)18(3)17(21)12-19-11-10-16(20)14-8-5-6-9-15(14)19/h5-6,8-11,13H,4,7,12H2,1-3H3. The zero-order chi connectivity index (χ0) is 15.4. The van der Waals surface area contributed by atoms with Gasteiger partial charge in [-0.3, -0.25) is 9.59 Å². The van der Waals surface area contributed by atoms with Crippen LogP contribution in [-0.2, 0) is 11.3 Å². The van der Waals surface area contributed by atoms with Crippen LogP contribution >= 0.6 is 0 Å². The average molecular weight is 286 g/mol. The van der Waals surface area contributed by atoms with Gasteiger partial charge in [0.05, 0.1) is 5.52 Å². The molecule has 1 amide bonds. The monoisotopic (exact) mass is 286 g/mol. The molecule has 2 aromatic rings. The number of nitrogens with zero attached hydrogens (tertiary/aromatic N) is 2. The van der Waals surface area contributed by atoms with Crippen molar-refractivity contribution in [1.82, 2.24) is 9.47 Å². The molecule has 0 saturated carbocycles. The Bertz CT molecular complexity index is 690. The van der Waals surface area contributed by atoms with Gasteiger partial charge in [0.2, 0.25) is 5.91 Å². The van der Waals surface area contributed by atoms with Gasteiger partial charge in [0.25, 0.3) is 0 Å². The highest BCUT2D eigenvalue weighted by atomic mass is 16.2. The molecule has 0 N–H and O–H groups in total. The van der Waals surface area contributed by atoms with E-state index in [1.54, 1.807) is 17.2 Å². The van der Waals surface area contributed by atoms with Gasteiger partial charge in [-0.25, -0.2) is 0 Å². The summed E-state index contributed by atoms with van der Waals surface area (Å²) in [7, 11) is 1.84. The van der Waals surface area contributed by atoms with Gasteiger partial charge < -0.3 is 9.47 Å². The third kappa shape index (κ3) is 3.32. The summed E-state index contributed by atoms with van der Waals surface area (Å²) in [5.41, 5.74) is 0.789. The number of carbonyl (C=O) groups excluding carboxylic acids is 1. The molecule has 0 aliphatic rings. The van der Waals surface area contributed by atoms with Crippen molar-refractivity contribution >= 4 is 16.8 Å². The summed E-state index contributed by atoms with van der Waals surface area (Å²) in [6.07, 6.45) is 3.74. The topological polar surface area (TPSA) is 42.3 Å². The molecule has 112 valence electrons. The highest BCUT2D eigenvalue weighted by Gasteiger charge is 2.15. The van der Waals surface area contributed by atoms with Gasteiger partial charge in [-0.15, -0.1) is 0 Å². The lowest BCUT2D eigenvalue weighted by Crippen LogP contribution is -2.37. The largest absolute Gasteiger partial charge is 0.342 e. The molecule has 0 aliphatic heterocycles. The lowest BCUT2D eigenvalue weighted by molar-refractivity contribution is -0.132. The molecule has 1 heterocycles. The Labute approximate surface area is 125 Å². The number of fused-ring (bicyclic) bond motifs is 1. The van der Waals surface area contributed by atoms with Crippen LogP contribution in [0.3, 0.4) is 0 Å². The molecular formula is C17H22N2O2. The van der Waals surface area contributed by atoms with E-state index < -0.39 is 0 Å². The first-order valence-electron chi connectivity index (χ1n) is 7.38. The maximum absolute atomic E-state index is 12.4. The Balaban J connectivity index is 2.26. The number of carbonyl (C=O) groups is 1. The number of aromatic nitrogens is 1. The van der Waals surface area contributed by atoms with Crippen LogP contribution < -0.4 is 5.43 Å². The van der Waals surface area contributed by atoms with E-state index in [2.05, 4.69) is 13.8 Å². The van der Waals surface area contributed by atoms with Crippen molar-refractivity contribution in [1.29, 1.82) is 0 Å². The fourth-order valence-electron chi connectivity index (χ4n) is 2.51. The Morgan fingerprint density at radius 1 is 1.29 bits per heavy atom. The van der Waals surface area contributed by atoms with Crippen LogP contribution in [0, 0.1) is 0 Å². The quantitative estimate of drug-likeness (QED) is 0.848. The number of hydrogen-bond donors (Lipinski definition) is 0. The van der Waals surface area contributed by atoms with Crippen molar-refractivity contribution in [2.45, 2.75) is 39.3 Å². The Morgan fingerprint density at radius 3 is 2.71 bits per heavy atom. The first-order chi connectivity index (χ1) is 10.0. The number of benzene rings is 1. The van der Waals surface area contributed by atoms with Crippen LogP contribution in [-0.4, -0.2) is 28.5 Å². The number of likely N-dealkylation sites (N-methyl/N-ethyl adjacent to an activating group) is 1. The van der Waals surface area contributed by atoms with Crippen LogP contribution in [0.4, 0.5) is 0 Å². The second-order valence-electron chi connectivity index (χ2n) is 5.47. The molecule has 1 aromatic heterocycles. The van der Waals surface area contributed by atoms with E-state index in [0.29, 0.717) is 5.39 Å². The van der Waals surface area contributed by atoms with Gasteiger partial charge in [-0.1, -0.05) is 25.5 Å². The number of amides is 1. The lowest BCUT2D eigenvalue weighted by Gasteiger charge is -2.25. The number of hydrogen-bond acceptors (Lipinski definition) is 2. The Morgan fingerprint density at radius 2 is 2.00 bits per heavy atom. The molecule has 1 aromatic carbocycles. The molecule has 4 nitrogen and oxygen atoms in total. The van der Waals surface area contributed by atoms with Crippen LogP contribution in [0.2, 0.25) is 0 Å². The van der Waals surface area contributed by atoms with E-state index in [0.717, 1.165) is 18.4 Å². The van der Waals surface area contributed by atoms with Crippen LogP contribution in [0.1, 0.15) is 26.7 Å². The highest BCUT2D eigenvalue weighted by Crippen LogP contribution is 2.11. The lowest BCUT2D eigenvalue weighted by atomic mass is 10.1. The van der Waals surface area contributed by atoms with Gasteiger partial charge in [-0.2, -0.15) is 0 Å². The summed E-state index contributed by atoms with van der Waals surface area (Å²) in [6, 6.07) is 9.14. The van der Waals surface area contributed by atoms with E-state index in [1.807, 2.05) is 29.8 Å². The third-order valence-electron chi connectivity index (χ3n) is 3.95. The number of rotatable bonds is 5. The molecule has 0 fully saturated rings. The molecule has 0 aliphatic carbocycles. The van der Waals surface area contributed by atoms with Crippen LogP contribution in [0.25, 0.3) is 10.9 Å². The van der Waals surface area contributed by atoms with Crippen molar-refractivity contribution in [2.24, 2.45) is 0 Å². The Kier molecular flexibility index (Phi) is 4.78. The first-order valence-corrected chi connectivity index (χ1v) is 7.38. The van der Waals surface area contributed by atoms with E-state index in [9.17, 15) is 9.59 Å². The maximum atomic E-state index is 12.4. The third-order valence-corrected chi connectivity index (χ3v) is 3.95. The van der Waals surface area contributed by atoms with Crippen molar-refractivity contribution in [3.05, 3.63) is 46.8 Å². The van der Waals surface area contributed by atoms with E-state index in [1.165, 1.54) is 6.07 Å². The molecule has 1 unspecified atom stereocenters. The minimum absolute atomic E-state index is 0.0120. The molecule has 0 radical (unpaired) electrons. The fraction of sp³-hybridized carbons (Fsp3) is 0.412. The molecule has 21 heavy (non-hydrogen) atoms. The summed E-state index contributed by atoms with van der Waals surface area (Å²) in [6.45, 7) is 4.43. The van der Waals surface area contributed by atoms with Crippen molar-refractivity contribution in [2.75, 3.05) is 7.05 Å². The molecule has 1 atom stereocenters. The highest BCUT2D eigenvalue weighted by molar-refractivity contribution is 5.82. The summed E-state index contributed by atoms with van der Waals surface area (Å²) in [4.78, 5) is 26.0. The average Bonchev–Trinajstić information content (AvgIpc) is 2.49. The molecular weight excluding hydrogens is 264 g/mol. The van der Waals surface area contributed by atoms with E-state index >= 15 is 0 Å². The molecule has 2 rings (SSSR count). The summed E-state index contributed by atoms with van der Waals surface area (Å²) >= 11 is 0. The second-order valence-corrected chi connectivity index (χ2v) is 5.47. The first kappa shape index (κ1) is 15.3. The van der Waals surface area contributed by atoms with Crippen molar-refractivity contribution in [3.63, 3.8) is 0 Å². The summed E-state index contributed by atoms with van der Waals surface area (Å²) in [5, 5.41) is 0.650. The number of para-hydroxylation sites is 1. The smallest absolute Gasteiger partial charge is 0.242 e. The SMILES string of the molecule is CCCC(C)N(C)C(=O)Cn1ccc(=O)c2ccccc21. The van der Waals surface area contributed by atoms with Gasteiger partial charge in [-0.05, 0) is 25.5 Å². The van der Waals surface area contributed by atoms with Gasteiger partial charge >= 0.3 is 0 Å². The van der Waals surface area contributed by atoms with Crippen molar-refractivity contribution < 1.29 is 4.79 Å². The molecule has 0 saturated heterocycles. The zero-order valence-corrected chi connectivity index (χ0v) is 12.9. The molecule has 0 bridgehead atoms. The van der Waals surface area contributed by atoms with E-state index in [4.69, 9.17) is 0 Å². The van der Waals surface area contributed by atoms with Crippen molar-refractivity contribution in [3.8, 4) is 0 Å². The summed E-state index contributed by atoms with van der Waals surface area (Å²) < 4.78 is 1.84. The predicted molar refractivity (Wildman–Crippen MR) is 85.3 cm³/mol. The fourth-order valence-corrected chi connectivity index (χ4v) is 2.51. The van der Waals surface area contributed by atoms with Gasteiger partial charge in [0, 0.05) is 30.7 Å². The molecule has 0 spiro atoms. The normalized spacial score (nSPS) is 12.3. The summed E-state index contributed by atoms with van der Waals surface area (Å²) in [5.74, 6) is 0.0600. The maximum Gasteiger partial charge on any atom is 0.242 e. The zero-order valence-electron chi connectivity index (χ0n) is 12.9. The number of pyridine rings is 1. The molecule has 4 heteroatoms.